The molecule has 1 saturated heterocycles. The van der Waals surface area contributed by atoms with Gasteiger partial charge in [0.15, 0.2) is 0 Å². The molecule has 1 heterocycles. The van der Waals surface area contributed by atoms with Crippen molar-refractivity contribution in [3.05, 3.63) is 0 Å². The number of hydrogen-bond donors (Lipinski definition) is 1. The van der Waals surface area contributed by atoms with Crippen molar-refractivity contribution in [3.63, 3.8) is 0 Å². The second kappa shape index (κ2) is 4.89. The molecular weight excluding hydrogens is 208 g/mol. The first-order chi connectivity index (χ1) is 7.92. The van der Waals surface area contributed by atoms with E-state index < -0.39 is 0 Å². The van der Waals surface area contributed by atoms with Gasteiger partial charge in [-0.25, -0.2) is 0 Å². The van der Waals surface area contributed by atoms with Gasteiger partial charge in [0.05, 0.1) is 0 Å². The lowest BCUT2D eigenvalue weighted by atomic mass is 9.84. The summed E-state index contributed by atoms with van der Waals surface area (Å²) >= 11 is 0. The number of nitrogens with zero attached hydrogens (tertiary/aromatic N) is 1. The molecule has 17 heavy (non-hydrogen) atoms. The smallest absolute Gasteiger partial charge is 0.0252 e. The molecule has 2 aliphatic rings. The molecule has 2 rings (SSSR count). The lowest BCUT2D eigenvalue weighted by molar-refractivity contribution is 0.0999. The molecule has 0 aromatic rings. The number of piperidine rings is 1. The summed E-state index contributed by atoms with van der Waals surface area (Å²) in [6.45, 7) is 11.9. The van der Waals surface area contributed by atoms with Gasteiger partial charge in [0.2, 0.25) is 0 Å². The highest BCUT2D eigenvalue weighted by molar-refractivity contribution is 4.99. The first-order valence-electron chi connectivity index (χ1n) is 7.41. The third-order valence-corrected chi connectivity index (χ3v) is 5.39. The highest BCUT2D eigenvalue weighted by Crippen LogP contribution is 2.40. The molecule has 2 fully saturated rings. The van der Waals surface area contributed by atoms with Crippen LogP contribution in [0.4, 0.5) is 0 Å². The van der Waals surface area contributed by atoms with Crippen LogP contribution in [0, 0.1) is 17.3 Å². The fourth-order valence-corrected chi connectivity index (χ4v) is 3.71. The average molecular weight is 238 g/mol. The number of likely N-dealkylation sites (tertiary alicyclic amines) is 1. The third kappa shape index (κ3) is 2.68. The Hall–Kier alpha value is -0.0800. The molecule has 2 unspecified atom stereocenters. The molecule has 1 saturated carbocycles. The van der Waals surface area contributed by atoms with Gasteiger partial charge in [-0.2, -0.15) is 0 Å². The van der Waals surface area contributed by atoms with E-state index in [1.165, 1.54) is 38.8 Å². The predicted molar refractivity (Wildman–Crippen MR) is 73.9 cm³/mol. The van der Waals surface area contributed by atoms with E-state index in [1.54, 1.807) is 0 Å². The van der Waals surface area contributed by atoms with Crippen LogP contribution in [0.2, 0.25) is 0 Å². The Morgan fingerprint density at radius 3 is 2.12 bits per heavy atom. The lowest BCUT2D eigenvalue weighted by Crippen LogP contribution is -2.51. The van der Waals surface area contributed by atoms with Crippen LogP contribution in [-0.4, -0.2) is 30.1 Å². The summed E-state index contributed by atoms with van der Waals surface area (Å²) in [4.78, 5) is 2.68. The lowest BCUT2D eigenvalue weighted by Gasteiger charge is -2.40. The van der Waals surface area contributed by atoms with E-state index in [4.69, 9.17) is 5.73 Å². The van der Waals surface area contributed by atoms with E-state index in [1.807, 2.05) is 0 Å². The molecule has 1 aliphatic carbocycles. The minimum Gasteiger partial charge on any atom is -0.326 e. The number of hydrogen-bond acceptors (Lipinski definition) is 2. The average Bonchev–Trinajstić information content (AvgIpc) is 2.55. The fraction of sp³-hybridized carbons (Fsp3) is 1.00. The second-order valence-electron chi connectivity index (χ2n) is 7.24. The first-order valence-corrected chi connectivity index (χ1v) is 7.41. The van der Waals surface area contributed by atoms with Gasteiger partial charge in [0.1, 0.15) is 0 Å². The molecule has 2 atom stereocenters. The van der Waals surface area contributed by atoms with E-state index in [2.05, 4.69) is 32.6 Å². The molecule has 0 spiro atoms. The van der Waals surface area contributed by atoms with E-state index in [0.29, 0.717) is 17.5 Å². The summed E-state index contributed by atoms with van der Waals surface area (Å²) < 4.78 is 0. The van der Waals surface area contributed by atoms with E-state index >= 15 is 0 Å². The van der Waals surface area contributed by atoms with E-state index in [9.17, 15) is 0 Å². The minimum atomic E-state index is 0.347. The van der Waals surface area contributed by atoms with Crippen LogP contribution in [0.3, 0.4) is 0 Å². The maximum absolute atomic E-state index is 6.44. The predicted octanol–water partition coefficient (Wildman–Crippen LogP) is 2.87. The van der Waals surface area contributed by atoms with E-state index in [0.717, 1.165) is 11.8 Å². The zero-order valence-electron chi connectivity index (χ0n) is 12.1. The van der Waals surface area contributed by atoms with E-state index in [-0.39, 0.29) is 0 Å². The van der Waals surface area contributed by atoms with Gasteiger partial charge in [-0.15, -0.1) is 0 Å². The van der Waals surface area contributed by atoms with Crippen LogP contribution in [0.5, 0.6) is 0 Å². The van der Waals surface area contributed by atoms with Crippen molar-refractivity contribution in [2.75, 3.05) is 13.1 Å². The van der Waals surface area contributed by atoms with Gasteiger partial charge in [-0.05, 0) is 56.0 Å². The number of rotatable bonds is 2. The maximum Gasteiger partial charge on any atom is 0.0252 e. The Balaban J connectivity index is 1.90. The van der Waals surface area contributed by atoms with Gasteiger partial charge in [0.25, 0.3) is 0 Å². The quantitative estimate of drug-likeness (QED) is 0.801. The van der Waals surface area contributed by atoms with Crippen LogP contribution in [0.25, 0.3) is 0 Å². The highest BCUT2D eigenvalue weighted by Gasteiger charge is 2.42. The normalized spacial score (nSPS) is 35.6. The van der Waals surface area contributed by atoms with Crippen LogP contribution in [-0.2, 0) is 0 Å². The summed E-state index contributed by atoms with van der Waals surface area (Å²) in [7, 11) is 0. The summed E-state index contributed by atoms with van der Waals surface area (Å²) in [6, 6.07) is 1.02. The molecule has 0 aromatic heterocycles. The standard InChI is InChI=1S/C15H30N2/c1-11(2)12-6-9-17(10-7-12)13-5-8-15(3,4)14(13)16/h11-14H,5-10,16H2,1-4H3. The van der Waals surface area contributed by atoms with Crippen LogP contribution < -0.4 is 5.73 Å². The largest absolute Gasteiger partial charge is 0.326 e. The Morgan fingerprint density at radius 2 is 1.71 bits per heavy atom. The Bertz CT molecular complexity index is 252. The molecule has 0 amide bonds. The highest BCUT2D eigenvalue weighted by atomic mass is 15.2. The van der Waals surface area contributed by atoms with Crippen LogP contribution >= 0.6 is 0 Å². The maximum atomic E-state index is 6.44. The Morgan fingerprint density at radius 1 is 1.12 bits per heavy atom. The molecule has 2 nitrogen and oxygen atoms in total. The molecule has 100 valence electrons. The molecule has 0 radical (unpaired) electrons. The summed E-state index contributed by atoms with van der Waals surface area (Å²) in [5, 5.41) is 0. The zero-order chi connectivity index (χ0) is 12.6. The van der Waals surface area contributed by atoms with Crippen molar-refractivity contribution >= 4 is 0 Å². The van der Waals surface area contributed by atoms with Gasteiger partial charge in [-0.3, -0.25) is 4.90 Å². The van der Waals surface area contributed by atoms with Gasteiger partial charge >= 0.3 is 0 Å². The Labute approximate surface area is 107 Å². The van der Waals surface area contributed by atoms with Gasteiger partial charge in [-0.1, -0.05) is 27.7 Å². The minimum absolute atomic E-state index is 0.347. The van der Waals surface area contributed by atoms with Crippen molar-refractivity contribution in [1.29, 1.82) is 0 Å². The monoisotopic (exact) mass is 238 g/mol. The van der Waals surface area contributed by atoms with Crippen molar-refractivity contribution in [3.8, 4) is 0 Å². The van der Waals surface area contributed by atoms with Crippen molar-refractivity contribution in [1.82, 2.24) is 4.90 Å². The molecule has 2 N–H and O–H groups in total. The fourth-order valence-electron chi connectivity index (χ4n) is 3.71. The number of nitrogens with two attached hydrogens (primary N) is 1. The summed E-state index contributed by atoms with van der Waals surface area (Å²) in [5.41, 5.74) is 6.79. The van der Waals surface area contributed by atoms with Crippen LogP contribution in [0.15, 0.2) is 0 Å². The summed E-state index contributed by atoms with van der Waals surface area (Å²) in [6.07, 6.45) is 5.35. The Kier molecular flexibility index (Phi) is 3.84. The summed E-state index contributed by atoms with van der Waals surface area (Å²) in [5.74, 6) is 1.79. The van der Waals surface area contributed by atoms with Crippen LogP contribution in [0.1, 0.15) is 53.4 Å². The first kappa shape index (κ1) is 13.4. The topological polar surface area (TPSA) is 29.3 Å². The van der Waals surface area contributed by atoms with Gasteiger partial charge in [0, 0.05) is 12.1 Å². The second-order valence-corrected chi connectivity index (χ2v) is 7.24. The van der Waals surface area contributed by atoms with Crippen molar-refractivity contribution < 1.29 is 0 Å². The van der Waals surface area contributed by atoms with Crippen molar-refractivity contribution in [2.24, 2.45) is 23.0 Å². The molecule has 0 aromatic carbocycles. The molecular formula is C15H30N2. The van der Waals surface area contributed by atoms with Crippen molar-refractivity contribution in [2.45, 2.75) is 65.5 Å². The zero-order valence-corrected chi connectivity index (χ0v) is 12.1. The third-order valence-electron chi connectivity index (χ3n) is 5.39. The molecule has 2 heteroatoms. The van der Waals surface area contributed by atoms with Gasteiger partial charge < -0.3 is 5.73 Å². The molecule has 0 bridgehead atoms. The molecule has 1 aliphatic heterocycles. The SMILES string of the molecule is CC(C)C1CCN(C2CCC(C)(C)C2N)CC1.